The molecule has 0 atom stereocenters. The zero-order chi connectivity index (χ0) is 21.8. The lowest BCUT2D eigenvalue weighted by Gasteiger charge is -2.25. The predicted octanol–water partition coefficient (Wildman–Crippen LogP) is 6.07. The number of rotatable bonds is 5. The van der Waals surface area contributed by atoms with Crippen molar-refractivity contribution in [3.63, 3.8) is 0 Å². The van der Waals surface area contributed by atoms with Crippen LogP contribution in [0.25, 0.3) is 6.08 Å². The summed E-state index contributed by atoms with van der Waals surface area (Å²) in [6.45, 7) is 2.53. The van der Waals surface area contributed by atoms with Gasteiger partial charge in [0.15, 0.2) is 11.1 Å². The fourth-order valence-corrected chi connectivity index (χ4v) is 4.92. The molecule has 5 nitrogen and oxygen atoms in total. The summed E-state index contributed by atoms with van der Waals surface area (Å²) >= 11 is 1.39. The monoisotopic (exact) mass is 443 g/mol. The molecule has 0 saturated carbocycles. The van der Waals surface area contributed by atoms with Gasteiger partial charge in [0.25, 0.3) is 5.91 Å². The summed E-state index contributed by atoms with van der Waals surface area (Å²) in [7, 11) is 0. The number of anilines is 1. The topological polar surface area (TPSA) is 49.1 Å². The summed E-state index contributed by atoms with van der Waals surface area (Å²) in [6, 6.07) is 23.7. The summed E-state index contributed by atoms with van der Waals surface area (Å²) in [4.78, 5) is 22.7. The largest absolute Gasteiger partial charge is 0.441 e. The van der Waals surface area contributed by atoms with Gasteiger partial charge in [0, 0.05) is 25.2 Å². The van der Waals surface area contributed by atoms with E-state index >= 15 is 0 Å². The van der Waals surface area contributed by atoms with Gasteiger partial charge in [-0.25, -0.2) is 4.99 Å². The van der Waals surface area contributed by atoms with E-state index in [1.807, 2.05) is 78.9 Å². The molecule has 162 valence electrons. The third kappa shape index (κ3) is 4.65. The number of carbonyl (C=O) groups is 1. The first kappa shape index (κ1) is 20.6. The van der Waals surface area contributed by atoms with Crippen LogP contribution in [-0.4, -0.2) is 29.1 Å². The number of piperidine rings is 1. The number of amides is 1. The molecule has 2 aliphatic rings. The van der Waals surface area contributed by atoms with E-state index in [4.69, 9.17) is 9.41 Å². The third-order valence-corrected chi connectivity index (χ3v) is 6.61. The number of nitrogens with zero attached hydrogens (tertiary/aromatic N) is 3. The van der Waals surface area contributed by atoms with E-state index in [0.717, 1.165) is 30.2 Å². The predicted molar refractivity (Wildman–Crippen MR) is 131 cm³/mol. The normalized spacial score (nSPS) is 19.3. The van der Waals surface area contributed by atoms with Gasteiger partial charge in [-0.2, -0.15) is 0 Å². The van der Waals surface area contributed by atoms with Crippen molar-refractivity contribution in [2.45, 2.75) is 25.8 Å². The van der Waals surface area contributed by atoms with Gasteiger partial charge in [0.05, 0.1) is 17.1 Å². The minimum absolute atomic E-state index is 0.0514. The van der Waals surface area contributed by atoms with Crippen LogP contribution in [0.5, 0.6) is 0 Å². The van der Waals surface area contributed by atoms with Crippen molar-refractivity contribution < 1.29 is 9.21 Å². The summed E-state index contributed by atoms with van der Waals surface area (Å²) in [5, 5.41) is 0.680. The Morgan fingerprint density at radius 3 is 2.38 bits per heavy atom. The van der Waals surface area contributed by atoms with Crippen LogP contribution < -0.4 is 4.90 Å². The fourth-order valence-electron chi connectivity index (χ4n) is 3.94. The number of para-hydroxylation sites is 1. The number of hydrogen-bond acceptors (Lipinski definition) is 5. The quantitative estimate of drug-likeness (QED) is 0.449. The Balaban J connectivity index is 1.42. The van der Waals surface area contributed by atoms with Crippen LogP contribution in [0.4, 0.5) is 11.6 Å². The molecule has 32 heavy (non-hydrogen) atoms. The highest BCUT2D eigenvalue weighted by Crippen LogP contribution is 2.36. The first-order valence-corrected chi connectivity index (χ1v) is 11.8. The second-order valence-corrected chi connectivity index (χ2v) is 8.95. The number of amidine groups is 1. The van der Waals surface area contributed by atoms with Crippen LogP contribution in [0.2, 0.25) is 0 Å². The van der Waals surface area contributed by atoms with Crippen molar-refractivity contribution in [1.29, 1.82) is 0 Å². The Morgan fingerprint density at radius 2 is 1.62 bits per heavy atom. The molecular formula is C26H25N3O2S. The van der Waals surface area contributed by atoms with Gasteiger partial charge in [0.2, 0.25) is 0 Å². The molecule has 0 bridgehead atoms. The Morgan fingerprint density at radius 1 is 0.906 bits per heavy atom. The highest BCUT2D eigenvalue weighted by atomic mass is 32.2. The Labute approximate surface area is 192 Å². The SMILES string of the molecule is O=C1/C(=C/c2ccc(N3CCCCC3)o2)SC(=Nc2ccccc2)N1Cc1ccccc1. The molecule has 3 heterocycles. The van der Waals surface area contributed by atoms with Crippen LogP contribution in [-0.2, 0) is 11.3 Å². The van der Waals surface area contributed by atoms with Crippen molar-refractivity contribution in [2.75, 3.05) is 18.0 Å². The second kappa shape index (κ2) is 9.49. The molecule has 0 N–H and O–H groups in total. The van der Waals surface area contributed by atoms with E-state index in [0.29, 0.717) is 22.4 Å². The molecule has 5 rings (SSSR count). The van der Waals surface area contributed by atoms with Crippen molar-refractivity contribution in [1.82, 2.24) is 4.90 Å². The molecule has 2 aromatic carbocycles. The zero-order valence-electron chi connectivity index (χ0n) is 17.8. The minimum Gasteiger partial charge on any atom is -0.441 e. The molecule has 2 saturated heterocycles. The molecule has 0 unspecified atom stereocenters. The second-order valence-electron chi connectivity index (χ2n) is 7.94. The smallest absolute Gasteiger partial charge is 0.267 e. The molecule has 2 fully saturated rings. The van der Waals surface area contributed by atoms with Gasteiger partial charge in [-0.3, -0.25) is 9.69 Å². The number of aliphatic imine (C=N–C) groups is 1. The number of benzene rings is 2. The molecule has 0 aliphatic carbocycles. The maximum Gasteiger partial charge on any atom is 0.267 e. The molecule has 0 spiro atoms. The highest BCUT2D eigenvalue weighted by Gasteiger charge is 2.33. The standard InChI is InChI=1S/C26H25N3O2S/c30-25-23(18-22-14-15-24(31-22)28-16-8-3-9-17-28)32-26(27-21-12-6-2-7-13-21)29(25)19-20-10-4-1-5-11-20/h1-2,4-7,10-15,18H,3,8-9,16-17,19H2/b23-18-,27-26?. The van der Waals surface area contributed by atoms with Crippen LogP contribution in [0.1, 0.15) is 30.6 Å². The van der Waals surface area contributed by atoms with E-state index in [-0.39, 0.29) is 5.91 Å². The van der Waals surface area contributed by atoms with Crippen LogP contribution in [0, 0.1) is 0 Å². The first-order chi connectivity index (χ1) is 15.8. The van der Waals surface area contributed by atoms with E-state index in [1.165, 1.54) is 31.0 Å². The number of carbonyl (C=O) groups excluding carboxylic acids is 1. The molecule has 2 aliphatic heterocycles. The number of furan rings is 1. The Hall–Kier alpha value is -3.25. The first-order valence-electron chi connectivity index (χ1n) is 11.0. The fraction of sp³-hybridized carbons (Fsp3) is 0.231. The van der Waals surface area contributed by atoms with Crippen molar-refractivity contribution in [2.24, 2.45) is 4.99 Å². The van der Waals surface area contributed by atoms with Gasteiger partial charge >= 0.3 is 0 Å². The van der Waals surface area contributed by atoms with Gasteiger partial charge in [0.1, 0.15) is 5.76 Å². The van der Waals surface area contributed by atoms with Crippen molar-refractivity contribution in [3.8, 4) is 0 Å². The lowest BCUT2D eigenvalue weighted by Crippen LogP contribution is -2.28. The molecule has 1 aromatic heterocycles. The van der Waals surface area contributed by atoms with Gasteiger partial charge < -0.3 is 9.32 Å². The van der Waals surface area contributed by atoms with Crippen LogP contribution in [0.15, 0.2) is 87.1 Å². The van der Waals surface area contributed by atoms with Gasteiger partial charge in [-0.05, 0) is 54.8 Å². The molecule has 1 amide bonds. The Kier molecular flexibility index (Phi) is 6.12. The molecule has 3 aromatic rings. The summed E-state index contributed by atoms with van der Waals surface area (Å²) in [5.74, 6) is 1.53. The lowest BCUT2D eigenvalue weighted by atomic mass is 10.1. The van der Waals surface area contributed by atoms with Crippen molar-refractivity contribution >= 4 is 40.5 Å². The summed E-state index contributed by atoms with van der Waals surface area (Å²) < 4.78 is 6.07. The zero-order valence-corrected chi connectivity index (χ0v) is 18.6. The number of thioether (sulfide) groups is 1. The van der Waals surface area contributed by atoms with Gasteiger partial charge in [-0.15, -0.1) is 0 Å². The maximum atomic E-state index is 13.3. The minimum atomic E-state index is -0.0514. The average molecular weight is 444 g/mol. The molecular weight excluding hydrogens is 418 g/mol. The number of hydrogen-bond donors (Lipinski definition) is 0. The highest BCUT2D eigenvalue weighted by molar-refractivity contribution is 8.18. The summed E-state index contributed by atoms with van der Waals surface area (Å²) in [5.41, 5.74) is 1.89. The Bertz CT molecular complexity index is 1130. The van der Waals surface area contributed by atoms with E-state index in [2.05, 4.69) is 4.90 Å². The van der Waals surface area contributed by atoms with Crippen molar-refractivity contribution in [3.05, 3.63) is 89.0 Å². The van der Waals surface area contributed by atoms with E-state index < -0.39 is 0 Å². The third-order valence-electron chi connectivity index (χ3n) is 5.61. The molecule has 0 radical (unpaired) electrons. The van der Waals surface area contributed by atoms with E-state index in [1.54, 1.807) is 4.90 Å². The summed E-state index contributed by atoms with van der Waals surface area (Å²) in [6.07, 6.45) is 5.50. The average Bonchev–Trinajstić information content (AvgIpc) is 3.42. The van der Waals surface area contributed by atoms with E-state index in [9.17, 15) is 4.79 Å². The molecule has 6 heteroatoms. The van der Waals surface area contributed by atoms with Crippen LogP contribution in [0.3, 0.4) is 0 Å². The van der Waals surface area contributed by atoms with Crippen LogP contribution >= 0.6 is 11.8 Å². The lowest BCUT2D eigenvalue weighted by molar-refractivity contribution is -0.122. The maximum absolute atomic E-state index is 13.3. The van der Waals surface area contributed by atoms with Gasteiger partial charge in [-0.1, -0.05) is 48.5 Å².